The Morgan fingerprint density at radius 2 is 1.86 bits per heavy atom. The molecule has 0 aliphatic carbocycles. The highest BCUT2D eigenvalue weighted by Crippen LogP contribution is 2.23. The van der Waals surface area contributed by atoms with E-state index in [9.17, 15) is 4.79 Å². The van der Waals surface area contributed by atoms with Crippen molar-refractivity contribution in [2.45, 2.75) is 6.42 Å². The summed E-state index contributed by atoms with van der Waals surface area (Å²) in [6, 6.07) is 20.7. The van der Waals surface area contributed by atoms with E-state index < -0.39 is 0 Å². The molecule has 0 radical (unpaired) electrons. The van der Waals surface area contributed by atoms with Gasteiger partial charge in [0, 0.05) is 24.8 Å². The average molecular weight is 395 g/mol. The number of carbonyl (C=O) groups excluding carboxylic acids is 1. The lowest BCUT2D eigenvalue weighted by Crippen LogP contribution is -2.25. The van der Waals surface area contributed by atoms with Crippen LogP contribution in [0.15, 0.2) is 77.1 Å². The summed E-state index contributed by atoms with van der Waals surface area (Å²) < 4.78 is 5.81. The zero-order valence-electron chi connectivity index (χ0n) is 15.3. The highest BCUT2D eigenvalue weighted by Gasteiger charge is 2.04. The van der Waals surface area contributed by atoms with E-state index in [1.807, 2.05) is 66.0 Å². The topological polar surface area (TPSA) is 88.7 Å². The minimum Gasteiger partial charge on any atom is -0.457 e. The SMILES string of the molecule is NC(=NCCCNC(=O)c1cccs1)Nc1cccc(Oc2ccccc2)c1. The van der Waals surface area contributed by atoms with E-state index >= 15 is 0 Å². The second-order valence-electron chi connectivity index (χ2n) is 5.92. The number of nitrogens with two attached hydrogens (primary N) is 1. The number of nitrogens with one attached hydrogen (secondary N) is 2. The fourth-order valence-corrected chi connectivity index (χ4v) is 3.06. The van der Waals surface area contributed by atoms with Crippen molar-refractivity contribution >= 4 is 28.9 Å². The van der Waals surface area contributed by atoms with Gasteiger partial charge in [0.2, 0.25) is 0 Å². The van der Waals surface area contributed by atoms with Gasteiger partial charge in [0.15, 0.2) is 5.96 Å². The van der Waals surface area contributed by atoms with Gasteiger partial charge in [-0.2, -0.15) is 0 Å². The van der Waals surface area contributed by atoms with Gasteiger partial charge in [-0.3, -0.25) is 9.79 Å². The summed E-state index contributed by atoms with van der Waals surface area (Å²) in [4.78, 5) is 16.8. The Bertz CT molecular complexity index is 911. The summed E-state index contributed by atoms with van der Waals surface area (Å²) in [6.07, 6.45) is 0.705. The van der Waals surface area contributed by atoms with E-state index in [1.165, 1.54) is 11.3 Å². The Balaban J connectivity index is 1.43. The molecular formula is C21H22N4O2S. The molecule has 2 aromatic carbocycles. The molecular weight excluding hydrogens is 372 g/mol. The van der Waals surface area contributed by atoms with Gasteiger partial charge in [0.25, 0.3) is 5.91 Å². The first-order valence-corrected chi connectivity index (χ1v) is 9.80. The number of nitrogens with zero attached hydrogens (tertiary/aromatic N) is 1. The summed E-state index contributed by atoms with van der Waals surface area (Å²) in [5.41, 5.74) is 6.73. The molecule has 144 valence electrons. The second-order valence-corrected chi connectivity index (χ2v) is 6.87. The second kappa shape index (κ2) is 10.1. The van der Waals surface area contributed by atoms with Crippen LogP contribution >= 0.6 is 11.3 Å². The fraction of sp³-hybridized carbons (Fsp3) is 0.143. The number of ether oxygens (including phenoxy) is 1. The van der Waals surface area contributed by atoms with Crippen LogP contribution in [0.2, 0.25) is 0 Å². The largest absolute Gasteiger partial charge is 0.457 e. The number of para-hydroxylation sites is 1. The molecule has 3 aromatic rings. The van der Waals surface area contributed by atoms with Gasteiger partial charge in [-0.25, -0.2) is 0 Å². The molecule has 6 nitrogen and oxygen atoms in total. The monoisotopic (exact) mass is 394 g/mol. The third-order valence-electron chi connectivity index (χ3n) is 3.73. The quantitative estimate of drug-likeness (QED) is 0.305. The molecule has 0 aliphatic heterocycles. The van der Waals surface area contributed by atoms with Crippen molar-refractivity contribution in [3.63, 3.8) is 0 Å². The van der Waals surface area contributed by atoms with Crippen LogP contribution in [0, 0.1) is 0 Å². The third-order valence-corrected chi connectivity index (χ3v) is 4.60. The van der Waals surface area contributed by atoms with Crippen molar-refractivity contribution in [1.29, 1.82) is 0 Å². The molecule has 0 aliphatic rings. The van der Waals surface area contributed by atoms with Crippen LogP contribution in [-0.2, 0) is 0 Å². The highest BCUT2D eigenvalue weighted by atomic mass is 32.1. The average Bonchev–Trinajstić information content (AvgIpc) is 3.23. The molecule has 0 bridgehead atoms. The van der Waals surface area contributed by atoms with E-state index in [0.29, 0.717) is 36.1 Å². The Hall–Kier alpha value is -3.32. The summed E-state index contributed by atoms with van der Waals surface area (Å²) in [5.74, 6) is 1.74. The van der Waals surface area contributed by atoms with Gasteiger partial charge in [-0.1, -0.05) is 30.3 Å². The molecule has 28 heavy (non-hydrogen) atoms. The van der Waals surface area contributed by atoms with Crippen LogP contribution in [0.25, 0.3) is 0 Å². The maximum Gasteiger partial charge on any atom is 0.261 e. The van der Waals surface area contributed by atoms with Crippen LogP contribution in [0.1, 0.15) is 16.1 Å². The predicted molar refractivity (Wildman–Crippen MR) is 114 cm³/mol. The zero-order chi connectivity index (χ0) is 19.6. The molecule has 0 fully saturated rings. The van der Waals surface area contributed by atoms with E-state index in [2.05, 4.69) is 15.6 Å². The number of guanidine groups is 1. The Labute approximate surface area is 168 Å². The standard InChI is InChI=1S/C21H22N4O2S/c22-21(24-13-6-12-23-20(26)19-11-5-14-28-19)25-16-7-4-10-18(15-16)27-17-8-2-1-3-9-17/h1-5,7-11,14-15H,6,12-13H2,(H,23,26)(H3,22,24,25). The van der Waals surface area contributed by atoms with E-state index in [4.69, 9.17) is 10.5 Å². The van der Waals surface area contributed by atoms with Gasteiger partial charge in [0.1, 0.15) is 11.5 Å². The van der Waals surface area contributed by atoms with Crippen LogP contribution in [0.5, 0.6) is 11.5 Å². The van der Waals surface area contributed by atoms with Gasteiger partial charge >= 0.3 is 0 Å². The molecule has 1 amide bonds. The van der Waals surface area contributed by atoms with E-state index in [1.54, 1.807) is 6.07 Å². The number of hydrogen-bond acceptors (Lipinski definition) is 4. The number of benzene rings is 2. The lowest BCUT2D eigenvalue weighted by atomic mass is 10.3. The summed E-state index contributed by atoms with van der Waals surface area (Å²) in [5, 5.41) is 7.80. The number of rotatable bonds is 8. The lowest BCUT2D eigenvalue weighted by Gasteiger charge is -2.09. The minimum atomic E-state index is -0.0553. The minimum absolute atomic E-state index is 0.0553. The fourth-order valence-electron chi connectivity index (χ4n) is 2.42. The molecule has 0 atom stereocenters. The molecule has 0 saturated heterocycles. The number of amides is 1. The Kier molecular flexibility index (Phi) is 7.03. The number of anilines is 1. The third kappa shape index (κ3) is 6.14. The first kappa shape index (κ1) is 19.4. The number of hydrogen-bond donors (Lipinski definition) is 3. The van der Waals surface area contributed by atoms with E-state index in [0.717, 1.165) is 11.4 Å². The van der Waals surface area contributed by atoms with Gasteiger partial charge in [-0.15, -0.1) is 11.3 Å². The van der Waals surface area contributed by atoms with Crippen molar-refractivity contribution in [3.05, 3.63) is 77.0 Å². The molecule has 1 aromatic heterocycles. The molecule has 0 spiro atoms. The first-order valence-electron chi connectivity index (χ1n) is 8.92. The van der Waals surface area contributed by atoms with Crippen LogP contribution < -0.4 is 21.1 Å². The normalized spacial score (nSPS) is 11.1. The van der Waals surface area contributed by atoms with Gasteiger partial charge in [-0.05, 0) is 42.1 Å². The van der Waals surface area contributed by atoms with Crippen molar-refractivity contribution in [2.75, 3.05) is 18.4 Å². The van der Waals surface area contributed by atoms with Gasteiger partial charge < -0.3 is 21.1 Å². The molecule has 3 rings (SSSR count). The number of aliphatic imine (C=N–C) groups is 1. The number of thiophene rings is 1. The Morgan fingerprint density at radius 1 is 1.04 bits per heavy atom. The van der Waals surface area contributed by atoms with Crippen molar-refractivity contribution < 1.29 is 9.53 Å². The number of carbonyl (C=O) groups is 1. The molecule has 1 heterocycles. The van der Waals surface area contributed by atoms with Crippen LogP contribution in [0.4, 0.5) is 5.69 Å². The summed E-state index contributed by atoms with van der Waals surface area (Å²) >= 11 is 1.42. The van der Waals surface area contributed by atoms with Crippen molar-refractivity contribution in [3.8, 4) is 11.5 Å². The van der Waals surface area contributed by atoms with Crippen LogP contribution in [-0.4, -0.2) is 25.0 Å². The summed E-state index contributed by atoms with van der Waals surface area (Å²) in [6.45, 7) is 1.07. The first-order chi connectivity index (χ1) is 13.7. The summed E-state index contributed by atoms with van der Waals surface area (Å²) in [7, 11) is 0. The van der Waals surface area contributed by atoms with Crippen LogP contribution in [0.3, 0.4) is 0 Å². The predicted octanol–water partition coefficient (Wildman–Crippen LogP) is 4.09. The Morgan fingerprint density at radius 3 is 2.64 bits per heavy atom. The molecule has 0 saturated carbocycles. The molecule has 0 unspecified atom stereocenters. The van der Waals surface area contributed by atoms with Crippen molar-refractivity contribution in [2.24, 2.45) is 10.7 Å². The molecule has 7 heteroatoms. The maximum absolute atomic E-state index is 11.8. The smallest absolute Gasteiger partial charge is 0.261 e. The highest BCUT2D eigenvalue weighted by molar-refractivity contribution is 7.12. The molecule has 4 N–H and O–H groups in total. The van der Waals surface area contributed by atoms with Crippen molar-refractivity contribution in [1.82, 2.24) is 5.32 Å². The zero-order valence-corrected chi connectivity index (χ0v) is 16.1. The van der Waals surface area contributed by atoms with Gasteiger partial charge in [0.05, 0.1) is 4.88 Å². The lowest BCUT2D eigenvalue weighted by molar-refractivity contribution is 0.0957. The maximum atomic E-state index is 11.8. The van der Waals surface area contributed by atoms with E-state index in [-0.39, 0.29) is 5.91 Å².